The number of aryl methyl sites for hydroxylation is 1. The van der Waals surface area contributed by atoms with Crippen molar-refractivity contribution < 1.29 is 9.21 Å². The molecule has 0 unspecified atom stereocenters. The predicted octanol–water partition coefficient (Wildman–Crippen LogP) is 3.16. The highest BCUT2D eigenvalue weighted by atomic mass is 16.4. The van der Waals surface area contributed by atoms with E-state index in [1.807, 2.05) is 19.1 Å². The minimum absolute atomic E-state index is 0.0960. The van der Waals surface area contributed by atoms with Gasteiger partial charge >= 0.3 is 5.63 Å². The van der Waals surface area contributed by atoms with Crippen LogP contribution in [0.1, 0.15) is 48.0 Å². The van der Waals surface area contributed by atoms with Gasteiger partial charge in [-0.25, -0.2) is 4.79 Å². The Morgan fingerprint density at radius 3 is 2.71 bits per heavy atom. The molecule has 1 aliphatic rings. The number of rotatable bonds is 2. The van der Waals surface area contributed by atoms with E-state index in [1.165, 1.54) is 6.42 Å². The first kappa shape index (κ1) is 13.9. The molecule has 3 rings (SSSR count). The molecular weight excluding hydrogens is 266 g/mol. The van der Waals surface area contributed by atoms with E-state index in [2.05, 4.69) is 5.32 Å². The Morgan fingerprint density at radius 1 is 1.19 bits per heavy atom. The summed E-state index contributed by atoms with van der Waals surface area (Å²) in [6.07, 6.45) is 5.48. The topological polar surface area (TPSA) is 59.3 Å². The summed E-state index contributed by atoms with van der Waals surface area (Å²) in [5, 5.41) is 3.74. The van der Waals surface area contributed by atoms with Crippen molar-refractivity contribution in [2.24, 2.45) is 0 Å². The predicted molar refractivity (Wildman–Crippen MR) is 81.6 cm³/mol. The zero-order chi connectivity index (χ0) is 14.8. The summed E-state index contributed by atoms with van der Waals surface area (Å²) in [7, 11) is 0. The van der Waals surface area contributed by atoms with Gasteiger partial charge in [-0.3, -0.25) is 4.79 Å². The lowest BCUT2D eigenvalue weighted by molar-refractivity contribution is 0.0924. The quantitative estimate of drug-likeness (QED) is 0.862. The Kier molecular flexibility index (Phi) is 3.78. The molecule has 0 bridgehead atoms. The van der Waals surface area contributed by atoms with Crippen LogP contribution in [-0.2, 0) is 0 Å². The Balaban J connectivity index is 1.89. The molecule has 4 heteroatoms. The molecule has 1 N–H and O–H groups in total. The number of hydrogen-bond donors (Lipinski definition) is 1. The van der Waals surface area contributed by atoms with Crippen molar-refractivity contribution in [3.05, 3.63) is 45.8 Å². The molecule has 1 amide bonds. The monoisotopic (exact) mass is 285 g/mol. The van der Waals surface area contributed by atoms with E-state index in [4.69, 9.17) is 4.42 Å². The van der Waals surface area contributed by atoms with E-state index in [0.717, 1.165) is 36.6 Å². The molecule has 1 aromatic carbocycles. The van der Waals surface area contributed by atoms with E-state index in [0.29, 0.717) is 5.58 Å². The summed E-state index contributed by atoms with van der Waals surface area (Å²) in [6, 6.07) is 7.36. The SMILES string of the molecule is Cc1ccc2oc(=O)c(C(=O)NC3CCCCC3)cc2c1. The molecule has 1 fully saturated rings. The molecule has 1 saturated carbocycles. The van der Waals surface area contributed by atoms with Gasteiger partial charge in [0.05, 0.1) is 0 Å². The van der Waals surface area contributed by atoms with Gasteiger partial charge in [-0.15, -0.1) is 0 Å². The first-order valence-electron chi connectivity index (χ1n) is 7.49. The van der Waals surface area contributed by atoms with Gasteiger partial charge < -0.3 is 9.73 Å². The smallest absolute Gasteiger partial charge is 0.349 e. The Morgan fingerprint density at radius 2 is 1.95 bits per heavy atom. The number of fused-ring (bicyclic) bond motifs is 1. The van der Waals surface area contributed by atoms with Gasteiger partial charge in [0.2, 0.25) is 0 Å². The number of nitrogens with one attached hydrogen (secondary N) is 1. The van der Waals surface area contributed by atoms with Gasteiger partial charge in [-0.1, -0.05) is 30.9 Å². The molecule has 1 aromatic heterocycles. The Bertz CT molecular complexity index is 726. The molecule has 4 nitrogen and oxygen atoms in total. The zero-order valence-corrected chi connectivity index (χ0v) is 12.1. The van der Waals surface area contributed by atoms with E-state index >= 15 is 0 Å². The lowest BCUT2D eigenvalue weighted by Crippen LogP contribution is -2.38. The maximum atomic E-state index is 12.3. The molecule has 21 heavy (non-hydrogen) atoms. The molecule has 110 valence electrons. The van der Waals surface area contributed by atoms with E-state index in [-0.39, 0.29) is 17.5 Å². The van der Waals surface area contributed by atoms with Crippen LogP contribution in [0, 0.1) is 6.92 Å². The first-order chi connectivity index (χ1) is 10.1. The van der Waals surface area contributed by atoms with Crippen molar-refractivity contribution in [3.63, 3.8) is 0 Å². The second-order valence-corrected chi connectivity index (χ2v) is 5.80. The fourth-order valence-corrected chi connectivity index (χ4v) is 2.91. The van der Waals surface area contributed by atoms with Crippen LogP contribution >= 0.6 is 0 Å². The van der Waals surface area contributed by atoms with Crippen LogP contribution in [-0.4, -0.2) is 11.9 Å². The molecule has 0 saturated heterocycles. The average molecular weight is 285 g/mol. The van der Waals surface area contributed by atoms with Crippen molar-refractivity contribution in [3.8, 4) is 0 Å². The highest BCUT2D eigenvalue weighted by molar-refractivity contribution is 5.96. The lowest BCUT2D eigenvalue weighted by Gasteiger charge is -2.22. The fraction of sp³-hybridized carbons (Fsp3) is 0.412. The van der Waals surface area contributed by atoms with Crippen LogP contribution in [0.2, 0.25) is 0 Å². The third kappa shape index (κ3) is 2.99. The highest BCUT2D eigenvalue weighted by Gasteiger charge is 2.19. The third-order valence-corrected chi connectivity index (χ3v) is 4.07. The Hall–Kier alpha value is -2.10. The molecule has 0 aliphatic heterocycles. The summed E-state index contributed by atoms with van der Waals surface area (Å²) in [5.74, 6) is -0.320. The first-order valence-corrected chi connectivity index (χ1v) is 7.49. The number of carbonyl (C=O) groups is 1. The van der Waals surface area contributed by atoms with Crippen molar-refractivity contribution in [2.45, 2.75) is 45.1 Å². The molecule has 0 atom stereocenters. The standard InChI is InChI=1S/C17H19NO3/c1-11-7-8-15-12(9-11)10-14(17(20)21-15)16(19)18-13-5-3-2-4-6-13/h7-10,13H,2-6H2,1H3,(H,18,19). The number of carbonyl (C=O) groups excluding carboxylic acids is 1. The van der Waals surface area contributed by atoms with Gasteiger partial charge in [-0.05, 0) is 38.0 Å². The second-order valence-electron chi connectivity index (χ2n) is 5.80. The molecule has 0 spiro atoms. The van der Waals surface area contributed by atoms with Crippen LogP contribution in [0.3, 0.4) is 0 Å². The van der Waals surface area contributed by atoms with Crippen molar-refractivity contribution in [1.29, 1.82) is 0 Å². The van der Waals surface area contributed by atoms with Crippen LogP contribution in [0.15, 0.2) is 33.5 Å². The normalized spacial score (nSPS) is 16.0. The van der Waals surface area contributed by atoms with E-state index in [1.54, 1.807) is 12.1 Å². The number of amides is 1. The third-order valence-electron chi connectivity index (χ3n) is 4.07. The minimum Gasteiger partial charge on any atom is -0.422 e. The van der Waals surface area contributed by atoms with Crippen LogP contribution < -0.4 is 10.9 Å². The highest BCUT2D eigenvalue weighted by Crippen LogP contribution is 2.19. The lowest BCUT2D eigenvalue weighted by atomic mass is 9.95. The Labute approximate surface area is 123 Å². The van der Waals surface area contributed by atoms with E-state index in [9.17, 15) is 9.59 Å². The van der Waals surface area contributed by atoms with E-state index < -0.39 is 5.63 Å². The average Bonchev–Trinajstić information content (AvgIpc) is 2.48. The minimum atomic E-state index is -0.570. The summed E-state index contributed by atoms with van der Waals surface area (Å²) >= 11 is 0. The van der Waals surface area contributed by atoms with Gasteiger partial charge in [0.25, 0.3) is 5.91 Å². The maximum Gasteiger partial charge on any atom is 0.349 e. The molecule has 1 heterocycles. The molecule has 2 aromatic rings. The van der Waals surface area contributed by atoms with Crippen LogP contribution in [0.5, 0.6) is 0 Å². The maximum absolute atomic E-state index is 12.3. The van der Waals surface area contributed by atoms with Gasteiger partial charge in [-0.2, -0.15) is 0 Å². The summed E-state index contributed by atoms with van der Waals surface area (Å²) in [5.41, 5.74) is 1.10. The summed E-state index contributed by atoms with van der Waals surface area (Å²) in [4.78, 5) is 24.3. The number of benzene rings is 1. The molecule has 1 aliphatic carbocycles. The van der Waals surface area contributed by atoms with Gasteiger partial charge in [0.1, 0.15) is 11.1 Å². The summed E-state index contributed by atoms with van der Waals surface area (Å²) < 4.78 is 5.24. The fourth-order valence-electron chi connectivity index (χ4n) is 2.91. The van der Waals surface area contributed by atoms with Crippen molar-refractivity contribution in [1.82, 2.24) is 5.32 Å². The van der Waals surface area contributed by atoms with Crippen molar-refractivity contribution in [2.75, 3.05) is 0 Å². The van der Waals surface area contributed by atoms with Gasteiger partial charge in [0.15, 0.2) is 0 Å². The number of hydrogen-bond acceptors (Lipinski definition) is 3. The van der Waals surface area contributed by atoms with Crippen molar-refractivity contribution >= 4 is 16.9 Å². The molecular formula is C17H19NO3. The van der Waals surface area contributed by atoms with Crippen LogP contribution in [0.25, 0.3) is 11.0 Å². The summed E-state index contributed by atoms with van der Waals surface area (Å²) in [6.45, 7) is 1.96. The second kappa shape index (κ2) is 5.72. The zero-order valence-electron chi connectivity index (χ0n) is 12.1. The van der Waals surface area contributed by atoms with Gasteiger partial charge in [0, 0.05) is 11.4 Å². The van der Waals surface area contributed by atoms with Crippen LogP contribution in [0.4, 0.5) is 0 Å². The molecule has 0 radical (unpaired) electrons. The largest absolute Gasteiger partial charge is 0.422 e.